The second kappa shape index (κ2) is 12.7. The highest BCUT2D eigenvalue weighted by Crippen LogP contribution is 2.44. The smallest absolute Gasteiger partial charge is 0.410 e. The van der Waals surface area contributed by atoms with Gasteiger partial charge in [-0.25, -0.2) is 28.5 Å². The third kappa shape index (κ3) is 7.42. The van der Waals surface area contributed by atoms with Gasteiger partial charge in [0.2, 0.25) is 23.7 Å². The van der Waals surface area contributed by atoms with Crippen LogP contribution in [-0.4, -0.2) is 62.5 Å². The summed E-state index contributed by atoms with van der Waals surface area (Å²) < 4.78 is 38.8. The van der Waals surface area contributed by atoms with Crippen LogP contribution in [0.4, 0.5) is 25.2 Å². The standard InChI is InChI=1S/C35H38F2N6O4/c1-21-12-13-24-25(9-5-11-27(24)41-30(44)22-18-35(36,37)19-22)29(21)46-31-26(10-6-15-38-31)28-14-16-39-32(42-28)40-23-8-7-17-43(20-23)33(45)47-34(2,3)4/h5-6,9-16,22-23H,7-8,17-20H2,1-4H3,(H,41,44)(H,39,40,42). The van der Waals surface area contributed by atoms with E-state index in [9.17, 15) is 18.4 Å². The number of carbonyl (C=O) groups is 2. The van der Waals surface area contributed by atoms with Gasteiger partial charge in [-0.3, -0.25) is 4.79 Å². The summed E-state index contributed by atoms with van der Waals surface area (Å²) in [6.07, 6.45) is 3.75. The number of alkyl halides is 2. The van der Waals surface area contributed by atoms with Crippen molar-refractivity contribution in [1.82, 2.24) is 19.9 Å². The lowest BCUT2D eigenvalue weighted by molar-refractivity contribution is -0.145. The Labute approximate surface area is 271 Å². The number of nitrogens with one attached hydrogen (secondary N) is 2. The molecule has 1 unspecified atom stereocenters. The summed E-state index contributed by atoms with van der Waals surface area (Å²) in [6, 6.07) is 14.5. The molecule has 246 valence electrons. The molecule has 2 fully saturated rings. The van der Waals surface area contributed by atoms with Gasteiger partial charge < -0.3 is 25.0 Å². The molecule has 2 aromatic heterocycles. The number of piperidine rings is 1. The van der Waals surface area contributed by atoms with Crippen LogP contribution >= 0.6 is 0 Å². The van der Waals surface area contributed by atoms with Crippen molar-refractivity contribution in [3.63, 3.8) is 0 Å². The number of nitrogens with zero attached hydrogens (tertiary/aromatic N) is 4. The highest BCUT2D eigenvalue weighted by atomic mass is 19.3. The molecule has 6 rings (SSSR count). The molecule has 47 heavy (non-hydrogen) atoms. The Morgan fingerprint density at radius 1 is 1.00 bits per heavy atom. The first kappa shape index (κ1) is 32.1. The van der Waals surface area contributed by atoms with Crippen molar-refractivity contribution < 1.29 is 27.8 Å². The highest BCUT2D eigenvalue weighted by Gasteiger charge is 2.48. The van der Waals surface area contributed by atoms with Crippen LogP contribution in [0.3, 0.4) is 0 Å². The van der Waals surface area contributed by atoms with Gasteiger partial charge in [0.1, 0.15) is 11.4 Å². The molecule has 12 heteroatoms. The third-order valence-electron chi connectivity index (χ3n) is 8.24. The zero-order chi connectivity index (χ0) is 33.3. The predicted molar refractivity (Wildman–Crippen MR) is 175 cm³/mol. The molecule has 2 aliphatic rings. The molecule has 2 N–H and O–H groups in total. The number of carbonyl (C=O) groups excluding carboxylic acids is 2. The van der Waals surface area contributed by atoms with E-state index in [1.54, 1.807) is 41.6 Å². The molecule has 1 atom stereocenters. The number of aromatic nitrogens is 3. The number of pyridine rings is 1. The molecule has 4 aromatic rings. The number of anilines is 2. The molecular weight excluding hydrogens is 606 g/mol. The maximum atomic E-state index is 13.4. The fraction of sp³-hybridized carbons (Fsp3) is 0.400. The van der Waals surface area contributed by atoms with Crippen LogP contribution in [0.25, 0.3) is 22.0 Å². The van der Waals surface area contributed by atoms with E-state index in [0.29, 0.717) is 53.0 Å². The van der Waals surface area contributed by atoms with Gasteiger partial charge >= 0.3 is 6.09 Å². The first-order valence-corrected chi connectivity index (χ1v) is 15.8. The molecule has 2 aromatic carbocycles. The maximum Gasteiger partial charge on any atom is 0.410 e. The quantitative estimate of drug-likeness (QED) is 0.211. The lowest BCUT2D eigenvalue weighted by Crippen LogP contribution is -2.47. The summed E-state index contributed by atoms with van der Waals surface area (Å²) in [4.78, 5) is 40.8. The van der Waals surface area contributed by atoms with Crippen molar-refractivity contribution in [2.24, 2.45) is 5.92 Å². The van der Waals surface area contributed by atoms with Crippen molar-refractivity contribution in [3.05, 3.63) is 66.5 Å². The highest BCUT2D eigenvalue weighted by molar-refractivity contribution is 6.05. The number of aryl methyl sites for hydroxylation is 1. The molecule has 1 aliphatic heterocycles. The number of amides is 2. The minimum Gasteiger partial charge on any atom is -0.444 e. The van der Waals surface area contributed by atoms with Crippen LogP contribution in [0.15, 0.2) is 60.9 Å². The van der Waals surface area contributed by atoms with Gasteiger partial charge in [-0.15, -0.1) is 0 Å². The Morgan fingerprint density at radius 2 is 1.81 bits per heavy atom. The Morgan fingerprint density at radius 3 is 2.57 bits per heavy atom. The lowest BCUT2D eigenvalue weighted by Gasteiger charge is -2.34. The molecule has 1 saturated heterocycles. The zero-order valence-corrected chi connectivity index (χ0v) is 26.8. The molecule has 3 heterocycles. The average Bonchev–Trinajstić information content (AvgIpc) is 3.01. The van der Waals surface area contributed by atoms with Crippen LogP contribution in [0, 0.1) is 12.8 Å². The molecule has 1 saturated carbocycles. The van der Waals surface area contributed by atoms with E-state index in [-0.39, 0.29) is 12.1 Å². The normalized spacial score (nSPS) is 17.9. The van der Waals surface area contributed by atoms with E-state index in [1.165, 1.54) is 0 Å². The van der Waals surface area contributed by atoms with Crippen molar-refractivity contribution >= 4 is 34.4 Å². The first-order valence-electron chi connectivity index (χ1n) is 15.8. The van der Waals surface area contributed by atoms with Gasteiger partial charge in [0.15, 0.2) is 0 Å². The lowest BCUT2D eigenvalue weighted by atomic mass is 9.80. The van der Waals surface area contributed by atoms with Crippen molar-refractivity contribution in [1.29, 1.82) is 0 Å². The monoisotopic (exact) mass is 644 g/mol. The second-order valence-electron chi connectivity index (χ2n) is 13.2. The third-order valence-corrected chi connectivity index (χ3v) is 8.24. The van der Waals surface area contributed by atoms with Crippen LogP contribution in [0.2, 0.25) is 0 Å². The fourth-order valence-corrected chi connectivity index (χ4v) is 5.88. The van der Waals surface area contributed by atoms with Crippen molar-refractivity contribution in [2.45, 2.75) is 70.9 Å². The van der Waals surface area contributed by atoms with E-state index in [2.05, 4.69) is 20.6 Å². The summed E-state index contributed by atoms with van der Waals surface area (Å²) in [5, 5.41) is 7.66. The van der Waals surface area contributed by atoms with E-state index in [1.807, 2.05) is 52.0 Å². The Kier molecular flexibility index (Phi) is 8.69. The molecule has 0 bridgehead atoms. The molecular formula is C35H38F2N6O4. The predicted octanol–water partition coefficient (Wildman–Crippen LogP) is 7.59. The van der Waals surface area contributed by atoms with Gasteiger partial charge in [0.05, 0.1) is 11.3 Å². The zero-order valence-electron chi connectivity index (χ0n) is 26.8. The number of benzene rings is 2. The molecule has 0 spiro atoms. The minimum absolute atomic E-state index is 0.0510. The van der Waals surface area contributed by atoms with Gasteiger partial charge in [0, 0.05) is 66.7 Å². The summed E-state index contributed by atoms with van der Waals surface area (Å²) in [6.45, 7) is 8.57. The number of likely N-dealkylation sites (tertiary alicyclic amines) is 1. The van der Waals surface area contributed by atoms with Crippen LogP contribution in [-0.2, 0) is 9.53 Å². The van der Waals surface area contributed by atoms with Gasteiger partial charge in [0.25, 0.3) is 0 Å². The molecule has 2 amide bonds. The summed E-state index contributed by atoms with van der Waals surface area (Å²) in [7, 11) is 0. The summed E-state index contributed by atoms with van der Waals surface area (Å²) in [5.41, 5.74) is 2.03. The van der Waals surface area contributed by atoms with Gasteiger partial charge in [-0.05, 0) is 70.4 Å². The Bertz CT molecular complexity index is 1800. The van der Waals surface area contributed by atoms with Gasteiger partial charge in [-0.1, -0.05) is 24.3 Å². The topological polar surface area (TPSA) is 119 Å². The number of hydrogen-bond donors (Lipinski definition) is 2. The second-order valence-corrected chi connectivity index (χ2v) is 13.2. The van der Waals surface area contributed by atoms with Crippen molar-refractivity contribution in [2.75, 3.05) is 23.7 Å². The van der Waals surface area contributed by atoms with Gasteiger partial charge in [-0.2, -0.15) is 0 Å². The molecule has 0 radical (unpaired) electrons. The number of halogens is 2. The van der Waals surface area contributed by atoms with Crippen LogP contribution < -0.4 is 15.4 Å². The summed E-state index contributed by atoms with van der Waals surface area (Å²) in [5.74, 6) is -2.62. The number of ether oxygens (including phenoxy) is 2. The number of hydrogen-bond acceptors (Lipinski definition) is 8. The number of rotatable bonds is 7. The van der Waals surface area contributed by atoms with E-state index in [0.717, 1.165) is 23.8 Å². The van der Waals surface area contributed by atoms with E-state index < -0.39 is 36.2 Å². The Balaban J connectivity index is 1.22. The first-order chi connectivity index (χ1) is 22.3. The van der Waals surface area contributed by atoms with Crippen LogP contribution in [0.1, 0.15) is 52.0 Å². The molecule has 1 aliphatic carbocycles. The van der Waals surface area contributed by atoms with E-state index >= 15 is 0 Å². The fourth-order valence-electron chi connectivity index (χ4n) is 5.88. The largest absolute Gasteiger partial charge is 0.444 e. The Hall–Kier alpha value is -4.87. The molecule has 10 nitrogen and oxygen atoms in total. The number of fused-ring (bicyclic) bond motifs is 1. The average molecular weight is 645 g/mol. The SMILES string of the molecule is Cc1ccc2c(NC(=O)C3CC(F)(F)C3)cccc2c1Oc1ncccc1-c1ccnc(NC2CCCN(C(=O)OC(C)(C)C)C2)n1. The summed E-state index contributed by atoms with van der Waals surface area (Å²) >= 11 is 0. The van der Waals surface area contributed by atoms with E-state index in [4.69, 9.17) is 14.5 Å². The van der Waals surface area contributed by atoms with Crippen molar-refractivity contribution in [3.8, 4) is 22.9 Å². The van der Waals surface area contributed by atoms with Crippen LogP contribution in [0.5, 0.6) is 11.6 Å². The maximum absolute atomic E-state index is 13.4. The minimum atomic E-state index is -2.78.